The molecule has 0 spiro atoms. The molecule has 1 rings (SSSR count). The molecule has 0 aliphatic rings. The summed E-state index contributed by atoms with van der Waals surface area (Å²) < 4.78 is 31.3. The summed E-state index contributed by atoms with van der Waals surface area (Å²) in [5.74, 6) is 0.252. The molecule has 0 saturated carbocycles. The van der Waals surface area contributed by atoms with Gasteiger partial charge in [-0.3, -0.25) is 0 Å². The lowest BCUT2D eigenvalue weighted by molar-refractivity contribution is 0.234. The van der Waals surface area contributed by atoms with Crippen molar-refractivity contribution < 1.29 is 17.9 Å². The molecule has 0 radical (unpaired) electrons. The predicted molar refractivity (Wildman–Crippen MR) is 72.2 cm³/mol. The average Bonchev–Trinajstić information content (AvgIpc) is 2.83. The minimum Gasteiger partial charge on any atom is -0.446 e. The van der Waals surface area contributed by atoms with Crippen molar-refractivity contribution in [3.8, 4) is 0 Å². The molecular formula is C12H22N2O4S. The molecule has 0 aliphatic heterocycles. The predicted octanol–water partition coefficient (Wildman–Crippen LogP) is 0.734. The van der Waals surface area contributed by atoms with Crippen molar-refractivity contribution in [1.82, 2.24) is 9.21 Å². The fourth-order valence-electron chi connectivity index (χ4n) is 1.62. The number of hydrogen-bond donors (Lipinski definition) is 1. The van der Waals surface area contributed by atoms with E-state index in [0.29, 0.717) is 19.6 Å². The molecule has 110 valence electrons. The molecule has 1 aromatic heterocycles. The highest BCUT2D eigenvalue weighted by atomic mass is 32.2. The lowest BCUT2D eigenvalue weighted by atomic mass is 10.4. The van der Waals surface area contributed by atoms with Crippen LogP contribution in [0.2, 0.25) is 0 Å². The molecule has 0 fully saturated rings. The van der Waals surface area contributed by atoms with Gasteiger partial charge in [-0.2, -0.15) is 4.31 Å². The van der Waals surface area contributed by atoms with E-state index in [-0.39, 0.29) is 17.5 Å². The SMILES string of the molecule is CCCN(CCN(C)C)S(=O)(=O)c1ccc(CO)o1. The molecule has 1 heterocycles. The van der Waals surface area contributed by atoms with Crippen molar-refractivity contribution in [1.29, 1.82) is 0 Å². The minimum atomic E-state index is -3.62. The van der Waals surface area contributed by atoms with Crippen molar-refractivity contribution in [3.63, 3.8) is 0 Å². The van der Waals surface area contributed by atoms with Gasteiger partial charge in [0.1, 0.15) is 12.4 Å². The molecule has 0 atom stereocenters. The molecule has 0 aliphatic carbocycles. The molecule has 0 bridgehead atoms. The normalized spacial score (nSPS) is 12.5. The summed E-state index contributed by atoms with van der Waals surface area (Å²) in [5, 5.41) is 8.82. The third kappa shape index (κ3) is 4.31. The third-order valence-electron chi connectivity index (χ3n) is 2.66. The number of rotatable bonds is 8. The first kappa shape index (κ1) is 16.2. The zero-order valence-corrected chi connectivity index (χ0v) is 12.5. The number of aliphatic hydroxyl groups excluding tert-OH is 1. The second kappa shape index (κ2) is 7.04. The Labute approximate surface area is 114 Å². The van der Waals surface area contributed by atoms with Crippen molar-refractivity contribution in [2.24, 2.45) is 0 Å². The van der Waals surface area contributed by atoms with Gasteiger partial charge in [-0.15, -0.1) is 0 Å². The first-order valence-corrected chi connectivity index (χ1v) is 7.70. The number of furan rings is 1. The van der Waals surface area contributed by atoms with Crippen LogP contribution in [-0.2, 0) is 16.6 Å². The average molecular weight is 290 g/mol. The fourth-order valence-corrected chi connectivity index (χ4v) is 3.07. The van der Waals surface area contributed by atoms with Crippen LogP contribution in [0.5, 0.6) is 0 Å². The maximum Gasteiger partial charge on any atom is 0.276 e. The van der Waals surface area contributed by atoms with Gasteiger partial charge in [0.25, 0.3) is 10.0 Å². The summed E-state index contributed by atoms with van der Waals surface area (Å²) in [6.07, 6.45) is 0.736. The Morgan fingerprint density at radius 3 is 2.37 bits per heavy atom. The summed E-state index contributed by atoms with van der Waals surface area (Å²) in [7, 11) is 0.173. The molecular weight excluding hydrogens is 268 g/mol. The second-order valence-corrected chi connectivity index (χ2v) is 6.46. The van der Waals surface area contributed by atoms with Crippen LogP contribution in [0.1, 0.15) is 19.1 Å². The number of sulfonamides is 1. The Balaban J connectivity index is 2.91. The van der Waals surface area contributed by atoms with Crippen LogP contribution in [-0.4, -0.2) is 56.5 Å². The van der Waals surface area contributed by atoms with Crippen molar-refractivity contribution in [2.75, 3.05) is 33.7 Å². The van der Waals surface area contributed by atoms with E-state index in [1.54, 1.807) is 0 Å². The van der Waals surface area contributed by atoms with Crippen molar-refractivity contribution in [2.45, 2.75) is 25.0 Å². The quantitative estimate of drug-likeness (QED) is 0.764. The standard InChI is InChI=1S/C12H22N2O4S/c1-4-7-14(9-8-13(2)3)19(16,17)12-6-5-11(10-15)18-12/h5-6,15H,4,7-10H2,1-3H3. The first-order valence-electron chi connectivity index (χ1n) is 6.26. The Hall–Kier alpha value is -0.890. The van der Waals surface area contributed by atoms with Gasteiger partial charge in [-0.25, -0.2) is 8.42 Å². The molecule has 7 heteroatoms. The molecule has 1 N–H and O–H groups in total. The van der Waals surface area contributed by atoms with E-state index in [4.69, 9.17) is 9.52 Å². The molecule has 6 nitrogen and oxygen atoms in total. The van der Waals surface area contributed by atoms with E-state index in [1.165, 1.54) is 16.4 Å². The van der Waals surface area contributed by atoms with Crippen LogP contribution >= 0.6 is 0 Å². The van der Waals surface area contributed by atoms with E-state index in [0.717, 1.165) is 6.42 Å². The Kier molecular flexibility index (Phi) is 5.99. The topological polar surface area (TPSA) is 74.0 Å². The summed E-state index contributed by atoms with van der Waals surface area (Å²) >= 11 is 0. The number of aliphatic hydroxyl groups is 1. The molecule has 19 heavy (non-hydrogen) atoms. The lowest BCUT2D eigenvalue weighted by Crippen LogP contribution is -2.37. The van der Waals surface area contributed by atoms with Gasteiger partial charge in [-0.1, -0.05) is 6.92 Å². The van der Waals surface area contributed by atoms with Crippen LogP contribution in [0.4, 0.5) is 0 Å². The van der Waals surface area contributed by atoms with E-state index >= 15 is 0 Å². The molecule has 0 aromatic carbocycles. The van der Waals surface area contributed by atoms with E-state index in [2.05, 4.69) is 0 Å². The summed E-state index contributed by atoms with van der Waals surface area (Å²) in [5.41, 5.74) is 0. The molecule has 0 amide bonds. The Bertz CT molecular complexity index is 482. The minimum absolute atomic E-state index is 0.108. The van der Waals surface area contributed by atoms with Crippen LogP contribution in [0.15, 0.2) is 21.6 Å². The summed E-state index contributed by atoms with van der Waals surface area (Å²) in [6, 6.07) is 2.86. The highest BCUT2D eigenvalue weighted by Gasteiger charge is 2.26. The smallest absolute Gasteiger partial charge is 0.276 e. The number of hydrogen-bond acceptors (Lipinski definition) is 5. The van der Waals surface area contributed by atoms with Gasteiger partial charge in [0.2, 0.25) is 5.09 Å². The zero-order chi connectivity index (χ0) is 14.5. The molecule has 0 unspecified atom stereocenters. The first-order chi connectivity index (χ1) is 8.91. The van der Waals surface area contributed by atoms with E-state index in [1.807, 2.05) is 25.9 Å². The molecule has 0 saturated heterocycles. The highest BCUT2D eigenvalue weighted by Crippen LogP contribution is 2.19. The maximum absolute atomic E-state index is 12.4. The summed E-state index contributed by atoms with van der Waals surface area (Å²) in [4.78, 5) is 1.93. The van der Waals surface area contributed by atoms with Crippen LogP contribution < -0.4 is 0 Å². The maximum atomic E-state index is 12.4. The number of nitrogens with zero attached hydrogens (tertiary/aromatic N) is 2. The van der Waals surface area contributed by atoms with Crippen molar-refractivity contribution >= 4 is 10.0 Å². The van der Waals surface area contributed by atoms with E-state index in [9.17, 15) is 8.42 Å². The largest absolute Gasteiger partial charge is 0.446 e. The van der Waals surface area contributed by atoms with Crippen molar-refractivity contribution in [3.05, 3.63) is 17.9 Å². The summed E-state index contributed by atoms with van der Waals surface area (Å²) in [6.45, 7) is 3.14. The highest BCUT2D eigenvalue weighted by molar-refractivity contribution is 7.89. The fraction of sp³-hybridized carbons (Fsp3) is 0.667. The second-order valence-electron chi connectivity index (χ2n) is 4.59. The van der Waals surface area contributed by atoms with Gasteiger partial charge in [-0.05, 0) is 32.6 Å². The van der Waals surface area contributed by atoms with Gasteiger partial charge in [0.05, 0.1) is 0 Å². The lowest BCUT2D eigenvalue weighted by Gasteiger charge is -2.22. The van der Waals surface area contributed by atoms with Crippen LogP contribution in [0.25, 0.3) is 0 Å². The Morgan fingerprint density at radius 1 is 1.21 bits per heavy atom. The zero-order valence-electron chi connectivity index (χ0n) is 11.7. The van der Waals surface area contributed by atoms with Crippen LogP contribution in [0, 0.1) is 0 Å². The number of likely N-dealkylation sites (N-methyl/N-ethyl adjacent to an activating group) is 1. The monoisotopic (exact) mass is 290 g/mol. The van der Waals surface area contributed by atoms with Gasteiger partial charge in [0.15, 0.2) is 0 Å². The van der Waals surface area contributed by atoms with Gasteiger partial charge >= 0.3 is 0 Å². The van der Waals surface area contributed by atoms with Crippen LogP contribution in [0.3, 0.4) is 0 Å². The van der Waals surface area contributed by atoms with Gasteiger partial charge in [0, 0.05) is 19.6 Å². The Morgan fingerprint density at radius 2 is 1.89 bits per heavy atom. The molecule has 1 aromatic rings. The van der Waals surface area contributed by atoms with E-state index < -0.39 is 10.0 Å². The third-order valence-corrected chi connectivity index (χ3v) is 4.43. The van der Waals surface area contributed by atoms with Gasteiger partial charge < -0.3 is 14.4 Å².